The molecule has 0 spiro atoms. The fourth-order valence-corrected chi connectivity index (χ4v) is 0.571. The molecule has 0 aromatic carbocycles. The van der Waals surface area contributed by atoms with Crippen LogP contribution in [0.1, 0.15) is 32.6 Å². The second kappa shape index (κ2) is 10.5. The van der Waals surface area contributed by atoms with Crippen molar-refractivity contribution in [3.8, 4) is 0 Å². The van der Waals surface area contributed by atoms with Gasteiger partial charge in [-0.25, -0.2) is 0 Å². The molecule has 0 unspecified atom stereocenters. The Morgan fingerprint density at radius 3 is 2.12 bits per heavy atom. The zero-order valence-electron chi connectivity index (χ0n) is 6.11. The minimum Gasteiger partial charge on any atom is -0.330 e. The van der Waals surface area contributed by atoms with E-state index in [-0.39, 0.29) is 18.9 Å². The summed E-state index contributed by atoms with van der Waals surface area (Å²) in [4.78, 5) is 0. The van der Waals surface area contributed by atoms with Crippen molar-refractivity contribution in [2.45, 2.75) is 32.6 Å². The summed E-state index contributed by atoms with van der Waals surface area (Å²) in [7, 11) is 0. The van der Waals surface area contributed by atoms with Gasteiger partial charge in [-0.3, -0.25) is 0 Å². The van der Waals surface area contributed by atoms with E-state index in [9.17, 15) is 0 Å². The normalized spacial score (nSPS) is 8.25. The van der Waals surface area contributed by atoms with Gasteiger partial charge in [-0.15, -0.1) is 0 Å². The molecule has 8 heavy (non-hydrogen) atoms. The van der Waals surface area contributed by atoms with E-state index in [1.807, 2.05) is 0 Å². The van der Waals surface area contributed by atoms with E-state index < -0.39 is 0 Å². The maximum absolute atomic E-state index is 5.27. The number of unbranched alkanes of at least 4 members (excludes halogenated alkanes) is 3. The Morgan fingerprint density at radius 2 is 1.75 bits per heavy atom. The average molecular weight is 108 g/mol. The van der Waals surface area contributed by atoms with Crippen LogP contribution in [0.3, 0.4) is 0 Å². The van der Waals surface area contributed by atoms with E-state index in [0.29, 0.717) is 0 Å². The van der Waals surface area contributed by atoms with Gasteiger partial charge in [0.1, 0.15) is 0 Å². The van der Waals surface area contributed by atoms with Gasteiger partial charge in [0.05, 0.1) is 0 Å². The number of hydrogen-bond acceptors (Lipinski definition) is 1. The third-order valence-corrected chi connectivity index (χ3v) is 1.06. The van der Waals surface area contributed by atoms with Crippen molar-refractivity contribution in [1.82, 2.24) is 0 Å². The molecule has 45 valence electrons. The maximum Gasteiger partial charge on any atom is 0 e. The molecule has 0 saturated heterocycles. The summed E-state index contributed by atoms with van der Waals surface area (Å²) in [6.45, 7) is 3.07. The fourth-order valence-electron chi connectivity index (χ4n) is 0.571. The molecule has 0 rings (SSSR count). The van der Waals surface area contributed by atoms with Crippen LogP contribution in [-0.4, -0.2) is 25.4 Å². The standard InChI is InChI=1S/C6H15N.Li/c1-2-3-4-5-6-7;/h2-7H2,1H3;. The molecule has 0 aliphatic carbocycles. The molecule has 1 nitrogen and oxygen atoms in total. The Hall–Kier alpha value is 0.557. The van der Waals surface area contributed by atoms with Gasteiger partial charge in [0.15, 0.2) is 0 Å². The van der Waals surface area contributed by atoms with E-state index in [1.54, 1.807) is 0 Å². The van der Waals surface area contributed by atoms with Crippen LogP contribution in [0.15, 0.2) is 0 Å². The first-order valence-electron chi connectivity index (χ1n) is 3.12. The van der Waals surface area contributed by atoms with Crippen LogP contribution in [0.25, 0.3) is 0 Å². The molecular weight excluding hydrogens is 93.0 g/mol. The largest absolute Gasteiger partial charge is 0.330 e. The summed E-state index contributed by atoms with van der Waals surface area (Å²) in [6, 6.07) is 0. The summed E-state index contributed by atoms with van der Waals surface area (Å²) < 4.78 is 0. The Bertz CT molecular complexity index is 27.7. The van der Waals surface area contributed by atoms with Crippen molar-refractivity contribution in [1.29, 1.82) is 0 Å². The molecule has 2 heteroatoms. The molecule has 0 heterocycles. The molecule has 0 atom stereocenters. The van der Waals surface area contributed by atoms with E-state index in [0.717, 1.165) is 6.54 Å². The van der Waals surface area contributed by atoms with E-state index in [4.69, 9.17) is 5.73 Å². The van der Waals surface area contributed by atoms with Crippen molar-refractivity contribution in [2.75, 3.05) is 6.54 Å². The van der Waals surface area contributed by atoms with Crippen molar-refractivity contribution >= 4 is 18.9 Å². The van der Waals surface area contributed by atoms with Gasteiger partial charge in [0.25, 0.3) is 0 Å². The Balaban J connectivity index is 0. The Labute approximate surface area is 64.2 Å². The average Bonchev–Trinajstić information content (AvgIpc) is 1.69. The molecular formula is C6H15LiN. The first-order chi connectivity index (χ1) is 3.41. The number of rotatable bonds is 4. The Kier molecular flexibility index (Phi) is 14.9. The van der Waals surface area contributed by atoms with Gasteiger partial charge in [-0.1, -0.05) is 26.2 Å². The molecule has 0 amide bonds. The predicted molar refractivity (Wildman–Crippen MR) is 39.0 cm³/mol. The van der Waals surface area contributed by atoms with Crippen LogP contribution >= 0.6 is 0 Å². The molecule has 1 radical (unpaired) electrons. The summed E-state index contributed by atoms with van der Waals surface area (Å²) in [5, 5.41) is 0. The molecule has 0 aromatic heterocycles. The zero-order chi connectivity index (χ0) is 5.54. The number of hydrogen-bond donors (Lipinski definition) is 1. The minimum absolute atomic E-state index is 0. The Morgan fingerprint density at radius 1 is 1.12 bits per heavy atom. The van der Waals surface area contributed by atoms with Crippen molar-refractivity contribution in [3.63, 3.8) is 0 Å². The summed E-state index contributed by atoms with van der Waals surface area (Å²) >= 11 is 0. The van der Waals surface area contributed by atoms with Crippen molar-refractivity contribution in [3.05, 3.63) is 0 Å². The minimum atomic E-state index is 0. The molecule has 0 aliphatic heterocycles. The smallest absolute Gasteiger partial charge is 0 e. The van der Waals surface area contributed by atoms with Gasteiger partial charge in [-0.05, 0) is 13.0 Å². The molecule has 0 fully saturated rings. The maximum atomic E-state index is 5.27. The van der Waals surface area contributed by atoms with Crippen LogP contribution < -0.4 is 5.73 Å². The third-order valence-electron chi connectivity index (χ3n) is 1.06. The van der Waals surface area contributed by atoms with Crippen LogP contribution in [0.4, 0.5) is 0 Å². The van der Waals surface area contributed by atoms with Crippen molar-refractivity contribution < 1.29 is 0 Å². The topological polar surface area (TPSA) is 26.0 Å². The van der Waals surface area contributed by atoms with Crippen LogP contribution in [0, 0.1) is 0 Å². The first-order valence-corrected chi connectivity index (χ1v) is 3.12. The summed E-state index contributed by atoms with van der Waals surface area (Å²) in [6.07, 6.45) is 5.16. The second-order valence-electron chi connectivity index (χ2n) is 1.85. The van der Waals surface area contributed by atoms with Crippen LogP contribution in [0.2, 0.25) is 0 Å². The molecule has 0 aliphatic rings. The first kappa shape index (κ1) is 11.4. The molecule has 2 N–H and O–H groups in total. The molecule has 0 bridgehead atoms. The molecule has 0 saturated carbocycles. The third kappa shape index (κ3) is 9.75. The van der Waals surface area contributed by atoms with E-state index >= 15 is 0 Å². The van der Waals surface area contributed by atoms with E-state index in [2.05, 4.69) is 6.92 Å². The summed E-state index contributed by atoms with van der Waals surface area (Å²) in [5.74, 6) is 0. The van der Waals surface area contributed by atoms with Gasteiger partial charge < -0.3 is 5.73 Å². The van der Waals surface area contributed by atoms with Crippen LogP contribution in [0.5, 0.6) is 0 Å². The molecule has 0 aromatic rings. The monoisotopic (exact) mass is 108 g/mol. The van der Waals surface area contributed by atoms with E-state index in [1.165, 1.54) is 25.7 Å². The second-order valence-corrected chi connectivity index (χ2v) is 1.85. The van der Waals surface area contributed by atoms with Crippen molar-refractivity contribution in [2.24, 2.45) is 5.73 Å². The zero-order valence-corrected chi connectivity index (χ0v) is 6.11. The van der Waals surface area contributed by atoms with Gasteiger partial charge >= 0.3 is 0 Å². The van der Waals surface area contributed by atoms with Crippen LogP contribution in [-0.2, 0) is 0 Å². The summed E-state index contributed by atoms with van der Waals surface area (Å²) in [5.41, 5.74) is 5.27. The predicted octanol–water partition coefficient (Wildman–Crippen LogP) is 1.14. The van der Waals surface area contributed by atoms with Gasteiger partial charge in [0.2, 0.25) is 0 Å². The van der Waals surface area contributed by atoms with Gasteiger partial charge in [0, 0.05) is 18.9 Å². The van der Waals surface area contributed by atoms with Gasteiger partial charge in [-0.2, -0.15) is 0 Å². The fraction of sp³-hybridized carbons (Fsp3) is 1.00. The quantitative estimate of drug-likeness (QED) is 0.424. The SMILES string of the molecule is CCCCCCN.[Li]. The number of nitrogens with two attached hydrogens (primary N) is 1.